The van der Waals surface area contributed by atoms with Crippen molar-refractivity contribution >= 4 is 21.7 Å². The van der Waals surface area contributed by atoms with E-state index in [1.54, 1.807) is 25.1 Å². The van der Waals surface area contributed by atoms with Gasteiger partial charge in [-0.2, -0.15) is 5.26 Å². The first-order valence-corrected chi connectivity index (χ1v) is 15.6. The summed E-state index contributed by atoms with van der Waals surface area (Å²) in [6.07, 6.45) is -0.944. The van der Waals surface area contributed by atoms with Crippen molar-refractivity contribution in [2.75, 3.05) is 6.26 Å². The van der Waals surface area contributed by atoms with Crippen LogP contribution in [0.2, 0.25) is 0 Å². The Hall–Kier alpha value is -5.00. The van der Waals surface area contributed by atoms with E-state index in [1.165, 1.54) is 24.4 Å². The van der Waals surface area contributed by atoms with E-state index in [-0.39, 0.29) is 56.1 Å². The van der Waals surface area contributed by atoms with Gasteiger partial charge in [0.05, 0.1) is 22.8 Å². The molecule has 0 aliphatic heterocycles. The van der Waals surface area contributed by atoms with Crippen molar-refractivity contribution in [2.24, 2.45) is 16.6 Å². The van der Waals surface area contributed by atoms with Gasteiger partial charge in [-0.25, -0.2) is 17.8 Å². The number of allylic oxidation sites excluding steroid dienone is 2. The van der Waals surface area contributed by atoms with Crippen molar-refractivity contribution < 1.29 is 40.2 Å². The Morgan fingerprint density at radius 2 is 1.83 bits per heavy atom. The van der Waals surface area contributed by atoms with Gasteiger partial charge in [0, 0.05) is 41.8 Å². The molecule has 5 rings (SSSR count). The minimum Gasteiger partial charge on any atom is -0.440 e. The van der Waals surface area contributed by atoms with Gasteiger partial charge in [0.15, 0.2) is 21.5 Å². The summed E-state index contributed by atoms with van der Waals surface area (Å²) in [5.41, 5.74) is 8.01. The number of aliphatic hydroxyl groups is 1. The third-order valence-electron chi connectivity index (χ3n) is 7.16. The molecule has 238 valence electrons. The van der Waals surface area contributed by atoms with Crippen LogP contribution in [0.4, 0.5) is 23.2 Å². The Bertz CT molecular complexity index is 2020. The molecular weight excluding hydrogens is 628 g/mol. The minimum absolute atomic E-state index is 0.0941. The number of aromatic nitrogens is 1. The molecule has 1 aliphatic rings. The number of hydrogen-bond acceptors (Lipinski definition) is 9. The number of rotatable bonds is 9. The van der Waals surface area contributed by atoms with Gasteiger partial charge in [0.2, 0.25) is 0 Å². The highest BCUT2D eigenvalue weighted by atomic mass is 32.2. The highest BCUT2D eigenvalue weighted by Crippen LogP contribution is 2.42. The molecular formula is C32H26F4N4O5S. The Labute approximate surface area is 261 Å². The van der Waals surface area contributed by atoms with E-state index in [9.17, 15) is 32.0 Å². The molecule has 0 spiro atoms. The van der Waals surface area contributed by atoms with Crippen LogP contribution in [0.3, 0.4) is 0 Å². The Balaban J connectivity index is 1.69. The number of hydrogen-bond donors (Lipinski definition) is 2. The van der Waals surface area contributed by atoms with Crippen molar-refractivity contribution in [1.29, 1.82) is 5.26 Å². The number of aliphatic imine (C=N–C) groups is 1. The van der Waals surface area contributed by atoms with Gasteiger partial charge < -0.3 is 20.0 Å². The lowest BCUT2D eigenvalue weighted by atomic mass is 9.97. The smallest absolute Gasteiger partial charge is 0.440 e. The molecule has 0 bridgehead atoms. The number of ether oxygens (including phenoxy) is 1. The quantitative estimate of drug-likeness (QED) is 0.114. The largest absolute Gasteiger partial charge is 0.573 e. The van der Waals surface area contributed by atoms with Crippen LogP contribution in [-0.4, -0.2) is 37.3 Å². The zero-order chi connectivity index (χ0) is 33.4. The molecule has 3 N–H and O–H groups in total. The van der Waals surface area contributed by atoms with E-state index in [4.69, 9.17) is 10.2 Å². The molecule has 0 atom stereocenters. The lowest BCUT2D eigenvalue weighted by Gasteiger charge is -2.13. The van der Waals surface area contributed by atoms with Gasteiger partial charge in [0.25, 0.3) is 0 Å². The fraction of sp³-hybridized carbons (Fsp3) is 0.219. The second-order valence-electron chi connectivity index (χ2n) is 10.6. The number of halogens is 4. The van der Waals surface area contributed by atoms with Crippen molar-refractivity contribution in [3.8, 4) is 45.5 Å². The van der Waals surface area contributed by atoms with E-state index in [0.29, 0.717) is 16.8 Å². The molecule has 4 aromatic rings. The topological polar surface area (TPSA) is 152 Å². The number of aryl methyl sites for hydroxylation is 1. The maximum atomic E-state index is 15.0. The van der Waals surface area contributed by atoms with Crippen LogP contribution in [0.1, 0.15) is 24.3 Å². The summed E-state index contributed by atoms with van der Waals surface area (Å²) in [5, 5.41) is 19.3. The molecule has 3 aromatic carbocycles. The molecule has 0 amide bonds. The van der Waals surface area contributed by atoms with E-state index in [1.807, 2.05) is 6.07 Å². The second-order valence-corrected chi connectivity index (χ2v) is 12.6. The maximum absolute atomic E-state index is 15.0. The first kappa shape index (κ1) is 32.4. The summed E-state index contributed by atoms with van der Waals surface area (Å²) in [6, 6.07) is 14.0. The molecule has 14 heteroatoms. The number of oxazole rings is 1. The number of nitriles is 1. The standard InChI is InChI=1S/C32H26F4N4O5S/c1-17-40-30(19-5-8-23(9-6-19)45-32(34,35)36)31(44-17)24-11-20(21-12-26(33)25(16-41)28(13-21)46(2,42)43)7-10-27(24)39-15-22(14-37)29(38)18-3-4-18/h5-13,15,18,41H,3-4,16,38H2,1-2H3. The number of nitrogens with two attached hydrogens (primary N) is 1. The molecule has 0 radical (unpaired) electrons. The van der Waals surface area contributed by atoms with Gasteiger partial charge >= 0.3 is 6.36 Å². The van der Waals surface area contributed by atoms with Crippen LogP contribution in [0.5, 0.6) is 5.75 Å². The highest BCUT2D eigenvalue weighted by molar-refractivity contribution is 7.90. The van der Waals surface area contributed by atoms with Crippen LogP contribution in [0, 0.1) is 30.0 Å². The number of sulfone groups is 1. The van der Waals surface area contributed by atoms with Gasteiger partial charge in [-0.1, -0.05) is 6.07 Å². The van der Waals surface area contributed by atoms with E-state index >= 15 is 4.39 Å². The summed E-state index contributed by atoms with van der Waals surface area (Å²) in [6.45, 7) is 0.731. The fourth-order valence-electron chi connectivity index (χ4n) is 4.81. The summed E-state index contributed by atoms with van der Waals surface area (Å²) in [5.74, 6) is -0.930. The fourth-order valence-corrected chi connectivity index (χ4v) is 5.76. The first-order valence-electron chi connectivity index (χ1n) is 13.7. The van der Waals surface area contributed by atoms with Crippen LogP contribution < -0.4 is 10.5 Å². The van der Waals surface area contributed by atoms with E-state index in [0.717, 1.165) is 37.3 Å². The lowest BCUT2D eigenvalue weighted by Crippen LogP contribution is -2.16. The first-order chi connectivity index (χ1) is 21.7. The van der Waals surface area contributed by atoms with Crippen molar-refractivity contribution in [3.05, 3.63) is 83.1 Å². The Morgan fingerprint density at radius 1 is 1.15 bits per heavy atom. The average molecular weight is 655 g/mol. The summed E-state index contributed by atoms with van der Waals surface area (Å²) in [7, 11) is -3.93. The number of benzene rings is 3. The maximum Gasteiger partial charge on any atom is 0.573 e. The molecule has 1 saturated carbocycles. The summed E-state index contributed by atoms with van der Waals surface area (Å²) >= 11 is 0. The number of aliphatic hydroxyl groups excluding tert-OH is 1. The molecule has 1 aliphatic carbocycles. The van der Waals surface area contributed by atoms with Crippen molar-refractivity contribution in [3.63, 3.8) is 0 Å². The third-order valence-corrected chi connectivity index (χ3v) is 8.33. The molecule has 1 aromatic heterocycles. The predicted molar refractivity (Wildman–Crippen MR) is 161 cm³/mol. The Morgan fingerprint density at radius 3 is 2.41 bits per heavy atom. The molecule has 0 unspecified atom stereocenters. The molecule has 0 saturated heterocycles. The summed E-state index contributed by atoms with van der Waals surface area (Å²) in [4.78, 5) is 8.54. The highest BCUT2D eigenvalue weighted by Gasteiger charge is 2.31. The molecule has 1 heterocycles. The molecule has 46 heavy (non-hydrogen) atoms. The zero-order valence-electron chi connectivity index (χ0n) is 24.4. The Kier molecular flexibility index (Phi) is 8.74. The average Bonchev–Trinajstić information content (AvgIpc) is 3.77. The van der Waals surface area contributed by atoms with Crippen LogP contribution in [-0.2, 0) is 16.4 Å². The molecule has 1 fully saturated rings. The second kappa shape index (κ2) is 12.4. The van der Waals surface area contributed by atoms with Gasteiger partial charge in [-0.05, 0) is 78.4 Å². The number of alkyl halides is 3. The van der Waals surface area contributed by atoms with Crippen LogP contribution in [0.15, 0.2) is 80.2 Å². The number of nitrogens with zero attached hydrogens (tertiary/aromatic N) is 3. The van der Waals surface area contributed by atoms with Crippen molar-refractivity contribution in [2.45, 2.75) is 37.6 Å². The zero-order valence-corrected chi connectivity index (χ0v) is 25.2. The lowest BCUT2D eigenvalue weighted by molar-refractivity contribution is -0.274. The SMILES string of the molecule is Cc1nc(-c2ccc(OC(F)(F)F)cc2)c(-c2cc(-c3cc(F)c(CO)c(S(C)(=O)=O)c3)ccc2N=CC(C#N)=C(N)C2CC2)o1. The third kappa shape index (κ3) is 7.11. The predicted octanol–water partition coefficient (Wildman–Crippen LogP) is 6.77. The van der Waals surface area contributed by atoms with Gasteiger partial charge in [-0.3, -0.25) is 4.99 Å². The van der Waals surface area contributed by atoms with Crippen LogP contribution >= 0.6 is 0 Å². The van der Waals surface area contributed by atoms with Crippen LogP contribution in [0.25, 0.3) is 33.7 Å². The monoisotopic (exact) mass is 654 g/mol. The van der Waals surface area contributed by atoms with E-state index in [2.05, 4.69) is 14.7 Å². The van der Waals surface area contributed by atoms with E-state index < -0.39 is 34.4 Å². The summed E-state index contributed by atoms with van der Waals surface area (Å²) < 4.78 is 88.0. The van der Waals surface area contributed by atoms with Gasteiger partial charge in [-0.15, -0.1) is 13.2 Å². The normalized spacial score (nSPS) is 14.3. The molecule has 9 nitrogen and oxygen atoms in total. The van der Waals surface area contributed by atoms with Gasteiger partial charge in [0.1, 0.15) is 23.3 Å². The minimum atomic E-state index is -4.88. The van der Waals surface area contributed by atoms with Crippen molar-refractivity contribution in [1.82, 2.24) is 4.98 Å².